The molecule has 1 aliphatic rings. The molecule has 2 rings (SSSR count). The highest BCUT2D eigenvalue weighted by Crippen LogP contribution is 2.36. The fourth-order valence-electron chi connectivity index (χ4n) is 2.35. The average molecular weight is 348 g/mol. The first kappa shape index (κ1) is 19.4. The summed E-state index contributed by atoms with van der Waals surface area (Å²) < 4.78 is 16.8. The van der Waals surface area contributed by atoms with Crippen molar-refractivity contribution in [3.8, 4) is 0 Å². The van der Waals surface area contributed by atoms with Crippen molar-refractivity contribution in [3.05, 3.63) is 23.5 Å². The van der Waals surface area contributed by atoms with Crippen LogP contribution in [0.3, 0.4) is 0 Å². The van der Waals surface area contributed by atoms with Crippen molar-refractivity contribution in [2.24, 2.45) is 0 Å². The highest BCUT2D eigenvalue weighted by atomic mass is 16.7. The molecule has 0 unspecified atom stereocenters. The second kappa shape index (κ2) is 7.13. The number of nitrogens with one attached hydrogen (secondary N) is 1. The van der Waals surface area contributed by atoms with Crippen LogP contribution in [0.1, 0.15) is 62.0 Å². The van der Waals surface area contributed by atoms with E-state index in [4.69, 9.17) is 14.0 Å². The van der Waals surface area contributed by atoms with Crippen LogP contribution in [0.15, 0.2) is 12.1 Å². The lowest BCUT2D eigenvalue weighted by Gasteiger charge is -2.32. The van der Waals surface area contributed by atoms with Crippen LogP contribution in [-0.4, -0.2) is 48.8 Å². The minimum atomic E-state index is -0.764. The van der Waals surface area contributed by atoms with Crippen LogP contribution in [0, 0.1) is 0 Å². The Morgan fingerprint density at radius 1 is 1.20 bits per heavy atom. The average Bonchev–Trinajstić information content (AvgIpc) is 2.79. The maximum atomic E-state index is 12.2. The second-order valence-corrected chi connectivity index (χ2v) is 6.97. The normalized spacial score (nSPS) is 18.1. The molecule has 1 amide bonds. The van der Waals surface area contributed by atoms with E-state index in [1.165, 1.54) is 7.11 Å². The number of hydrogen-bond acceptors (Lipinski definition) is 6. The summed E-state index contributed by atoms with van der Waals surface area (Å²) in [5, 5.41) is 2.73. The number of carbonyl (C=O) groups excluding carboxylic acids is 2. The van der Waals surface area contributed by atoms with Crippen LogP contribution >= 0.6 is 0 Å². The number of rotatable bonds is 5. The lowest BCUT2D eigenvalue weighted by atomic mass is 9.77. The van der Waals surface area contributed by atoms with Gasteiger partial charge in [0, 0.05) is 12.0 Å². The highest BCUT2D eigenvalue weighted by Gasteiger charge is 2.52. The first-order valence-electron chi connectivity index (χ1n) is 8.36. The Kier molecular flexibility index (Phi) is 5.54. The van der Waals surface area contributed by atoms with E-state index in [0.29, 0.717) is 12.0 Å². The third-order valence-electron chi connectivity index (χ3n) is 4.58. The van der Waals surface area contributed by atoms with Gasteiger partial charge < -0.3 is 19.4 Å². The topological polar surface area (TPSA) is 86.8 Å². The molecular weight excluding hydrogens is 323 g/mol. The van der Waals surface area contributed by atoms with Gasteiger partial charge in [-0.3, -0.25) is 4.79 Å². The van der Waals surface area contributed by atoms with Crippen LogP contribution in [0.5, 0.6) is 0 Å². The number of ether oxygens (including phenoxy) is 1. The minimum Gasteiger partial charge on any atom is -0.464 e. The first-order valence-corrected chi connectivity index (χ1v) is 8.36. The Balaban J connectivity index is 2.39. The van der Waals surface area contributed by atoms with Gasteiger partial charge in [-0.05, 0) is 40.2 Å². The predicted molar refractivity (Wildman–Crippen MR) is 93.9 cm³/mol. The third kappa shape index (κ3) is 3.85. The number of aromatic nitrogens is 1. The second-order valence-electron chi connectivity index (χ2n) is 6.97. The van der Waals surface area contributed by atoms with Crippen molar-refractivity contribution < 1.29 is 23.6 Å². The van der Waals surface area contributed by atoms with Crippen LogP contribution in [-0.2, 0) is 14.0 Å². The summed E-state index contributed by atoms with van der Waals surface area (Å²) >= 11 is 0. The number of esters is 1. The molecule has 0 radical (unpaired) electrons. The van der Waals surface area contributed by atoms with Crippen LogP contribution in [0.2, 0.25) is 0 Å². The fourth-order valence-corrected chi connectivity index (χ4v) is 2.35. The zero-order valence-corrected chi connectivity index (χ0v) is 15.6. The van der Waals surface area contributed by atoms with Crippen molar-refractivity contribution in [1.82, 2.24) is 10.3 Å². The molecule has 1 aromatic rings. The van der Waals surface area contributed by atoms with Crippen molar-refractivity contribution in [2.45, 2.75) is 52.2 Å². The van der Waals surface area contributed by atoms with Gasteiger partial charge in [-0.15, -0.1) is 0 Å². The molecule has 1 aliphatic heterocycles. The number of nitrogens with zero attached hydrogens (tertiary/aromatic N) is 1. The van der Waals surface area contributed by atoms with Crippen LogP contribution < -0.4 is 10.8 Å². The summed E-state index contributed by atoms with van der Waals surface area (Å²) in [6, 6.07) is 3.18. The van der Waals surface area contributed by atoms with E-state index in [9.17, 15) is 9.59 Å². The van der Waals surface area contributed by atoms with E-state index in [1.807, 2.05) is 34.6 Å². The number of methoxy groups -OCH3 is 1. The summed E-state index contributed by atoms with van der Waals surface area (Å²) in [6.07, 6.45) is 0.807. The first-order chi connectivity index (χ1) is 11.6. The van der Waals surface area contributed by atoms with Gasteiger partial charge in [0.05, 0.1) is 18.3 Å². The molecule has 0 aliphatic carbocycles. The van der Waals surface area contributed by atoms with E-state index < -0.39 is 24.3 Å². The molecule has 0 aromatic carbocycles. The number of amides is 1. The van der Waals surface area contributed by atoms with Gasteiger partial charge in [-0.2, -0.15) is 0 Å². The molecule has 2 heterocycles. The summed E-state index contributed by atoms with van der Waals surface area (Å²) in [5.41, 5.74) is -0.499. The molecule has 1 saturated heterocycles. The van der Waals surface area contributed by atoms with Crippen LogP contribution in [0.25, 0.3) is 0 Å². The Bertz CT molecular complexity index is 659. The quantitative estimate of drug-likeness (QED) is 0.638. The highest BCUT2D eigenvalue weighted by molar-refractivity contribution is 6.63. The number of carbonyl (C=O) groups is 2. The molecule has 1 N–H and O–H groups in total. The van der Waals surface area contributed by atoms with Gasteiger partial charge in [-0.25, -0.2) is 9.78 Å². The molecule has 0 saturated carbocycles. The van der Waals surface area contributed by atoms with Crippen molar-refractivity contribution in [1.29, 1.82) is 0 Å². The molecule has 0 bridgehead atoms. The SMILES string of the molecule is CCCNC(=O)c1ccc(B2OC(C)(C)C(C)(C)O2)c(C(=O)OC)n1. The summed E-state index contributed by atoms with van der Waals surface area (Å²) in [7, 11) is 0.501. The van der Waals surface area contributed by atoms with Crippen molar-refractivity contribution in [2.75, 3.05) is 13.7 Å². The van der Waals surface area contributed by atoms with E-state index >= 15 is 0 Å². The molecule has 0 atom stereocenters. The van der Waals surface area contributed by atoms with Gasteiger partial charge in [0.25, 0.3) is 5.91 Å². The lowest BCUT2D eigenvalue weighted by molar-refractivity contribution is 0.00578. The maximum Gasteiger partial charge on any atom is 0.497 e. The summed E-state index contributed by atoms with van der Waals surface area (Å²) in [4.78, 5) is 28.5. The Morgan fingerprint density at radius 2 is 1.80 bits per heavy atom. The molecular formula is C17H25BN2O5. The Labute approximate surface area is 148 Å². The molecule has 0 spiro atoms. The van der Waals surface area contributed by atoms with Gasteiger partial charge in [0.2, 0.25) is 0 Å². The fraction of sp³-hybridized carbons (Fsp3) is 0.588. The molecule has 1 aromatic heterocycles. The molecule has 136 valence electrons. The Hall–Kier alpha value is -1.93. The molecule has 1 fully saturated rings. The number of pyridine rings is 1. The van der Waals surface area contributed by atoms with E-state index in [2.05, 4.69) is 10.3 Å². The van der Waals surface area contributed by atoms with E-state index in [-0.39, 0.29) is 17.3 Å². The monoisotopic (exact) mass is 348 g/mol. The molecule has 25 heavy (non-hydrogen) atoms. The van der Waals surface area contributed by atoms with Gasteiger partial charge in [-0.1, -0.05) is 13.0 Å². The standard InChI is InChI=1S/C17H25BN2O5/c1-7-10-19-14(21)12-9-8-11(13(20-12)15(22)23-6)18-24-16(2,3)17(4,5)25-18/h8-9H,7,10H2,1-6H3,(H,19,21). The van der Waals surface area contributed by atoms with Crippen molar-refractivity contribution in [3.63, 3.8) is 0 Å². The maximum absolute atomic E-state index is 12.2. The van der Waals surface area contributed by atoms with E-state index in [0.717, 1.165) is 6.42 Å². The van der Waals surface area contributed by atoms with Gasteiger partial charge in [0.1, 0.15) is 11.4 Å². The largest absolute Gasteiger partial charge is 0.497 e. The third-order valence-corrected chi connectivity index (χ3v) is 4.58. The van der Waals surface area contributed by atoms with E-state index in [1.54, 1.807) is 12.1 Å². The van der Waals surface area contributed by atoms with Gasteiger partial charge >= 0.3 is 13.1 Å². The van der Waals surface area contributed by atoms with Gasteiger partial charge in [0.15, 0.2) is 0 Å². The zero-order valence-electron chi connectivity index (χ0n) is 15.6. The zero-order chi connectivity index (χ0) is 18.8. The van der Waals surface area contributed by atoms with Crippen molar-refractivity contribution >= 4 is 24.5 Å². The predicted octanol–water partition coefficient (Wildman–Crippen LogP) is 1.31. The minimum absolute atomic E-state index is 0.0187. The summed E-state index contributed by atoms with van der Waals surface area (Å²) in [5.74, 6) is -0.984. The molecule has 8 heteroatoms. The summed E-state index contributed by atoms with van der Waals surface area (Å²) in [6.45, 7) is 10.2. The number of hydrogen-bond donors (Lipinski definition) is 1. The molecule has 7 nitrogen and oxygen atoms in total. The smallest absolute Gasteiger partial charge is 0.464 e. The van der Waals surface area contributed by atoms with Crippen LogP contribution in [0.4, 0.5) is 0 Å². The lowest BCUT2D eigenvalue weighted by Crippen LogP contribution is -2.41. The Morgan fingerprint density at radius 3 is 2.32 bits per heavy atom.